The first kappa shape index (κ1) is 20.9. The van der Waals surface area contributed by atoms with Gasteiger partial charge < -0.3 is 24.4 Å². The lowest BCUT2D eigenvalue weighted by Crippen LogP contribution is -2.39. The highest BCUT2D eigenvalue weighted by atomic mass is 16.5. The molecule has 0 radical (unpaired) electrons. The van der Waals surface area contributed by atoms with Gasteiger partial charge in [-0.05, 0) is 37.1 Å². The number of benzene rings is 1. The molecule has 3 rings (SSSR count). The summed E-state index contributed by atoms with van der Waals surface area (Å²) >= 11 is 0. The highest BCUT2D eigenvalue weighted by Gasteiger charge is 2.32. The third-order valence-electron chi connectivity index (χ3n) is 5.21. The van der Waals surface area contributed by atoms with Crippen molar-refractivity contribution in [3.05, 3.63) is 41.1 Å². The van der Waals surface area contributed by atoms with Crippen LogP contribution in [-0.4, -0.2) is 51.4 Å². The van der Waals surface area contributed by atoms with Gasteiger partial charge in [0.1, 0.15) is 12.4 Å². The number of ether oxygens (including phenoxy) is 3. The van der Waals surface area contributed by atoms with Gasteiger partial charge in [0.2, 0.25) is 0 Å². The molecule has 1 aliphatic carbocycles. The zero-order valence-corrected chi connectivity index (χ0v) is 16.7. The zero-order valence-electron chi connectivity index (χ0n) is 16.7. The largest absolute Gasteiger partial charge is 0.466 e. The number of anilines is 1. The van der Waals surface area contributed by atoms with Crippen LogP contribution in [0.3, 0.4) is 0 Å². The normalized spacial score (nSPS) is 17.7. The monoisotopic (exact) mass is 402 g/mol. The van der Waals surface area contributed by atoms with Gasteiger partial charge in [0.15, 0.2) is 0 Å². The minimum atomic E-state index is -0.659. The van der Waals surface area contributed by atoms with Gasteiger partial charge in [-0.1, -0.05) is 19.3 Å². The minimum Gasteiger partial charge on any atom is -0.466 e. The number of esters is 2. The molecule has 1 aromatic rings. The van der Waals surface area contributed by atoms with E-state index in [4.69, 9.17) is 14.2 Å². The molecule has 1 N–H and O–H groups in total. The van der Waals surface area contributed by atoms with Crippen LogP contribution >= 0.6 is 0 Å². The van der Waals surface area contributed by atoms with Crippen molar-refractivity contribution in [3.63, 3.8) is 0 Å². The van der Waals surface area contributed by atoms with Crippen molar-refractivity contribution in [1.82, 2.24) is 5.32 Å². The van der Waals surface area contributed by atoms with Crippen molar-refractivity contribution < 1.29 is 28.6 Å². The van der Waals surface area contributed by atoms with E-state index in [-0.39, 0.29) is 36.6 Å². The topological polar surface area (TPSA) is 94.2 Å². The summed E-state index contributed by atoms with van der Waals surface area (Å²) in [6.45, 7) is 0.0219. The first-order valence-corrected chi connectivity index (χ1v) is 9.71. The van der Waals surface area contributed by atoms with Crippen LogP contribution in [-0.2, 0) is 23.8 Å². The highest BCUT2D eigenvalue weighted by Crippen LogP contribution is 2.27. The molecule has 29 heavy (non-hydrogen) atoms. The molecule has 0 atom stereocenters. The number of carbonyl (C=O) groups is 3. The fourth-order valence-corrected chi connectivity index (χ4v) is 3.66. The molecule has 8 nitrogen and oxygen atoms in total. The molecule has 0 saturated heterocycles. The van der Waals surface area contributed by atoms with E-state index >= 15 is 0 Å². The highest BCUT2D eigenvalue weighted by molar-refractivity contribution is 6.03. The lowest BCUT2D eigenvalue weighted by molar-refractivity contribution is -0.140. The summed E-state index contributed by atoms with van der Waals surface area (Å²) in [6.07, 6.45) is 5.54. The first-order chi connectivity index (χ1) is 14.0. The molecule has 0 bridgehead atoms. The predicted octanol–water partition coefficient (Wildman–Crippen LogP) is 2.14. The maximum absolute atomic E-state index is 12.5. The molecule has 0 aromatic heterocycles. The Morgan fingerprint density at radius 2 is 1.66 bits per heavy atom. The van der Waals surface area contributed by atoms with Crippen molar-refractivity contribution in [2.75, 3.05) is 32.5 Å². The van der Waals surface area contributed by atoms with Crippen molar-refractivity contribution in [2.45, 2.75) is 38.1 Å². The standard InChI is InChI=1S/C21H26N2O6/c1-27-20(25)17-12-29-13-23(18(17)21(26)28-2)16-10-8-14(9-11-16)19(24)22-15-6-4-3-5-7-15/h8-11,15H,3-7,12-13H2,1-2H3,(H,22,24). The molecular formula is C21H26N2O6. The van der Waals surface area contributed by atoms with Crippen LogP contribution in [0.1, 0.15) is 42.5 Å². The lowest BCUT2D eigenvalue weighted by atomic mass is 9.95. The molecule has 1 aliphatic heterocycles. The quantitative estimate of drug-likeness (QED) is 0.754. The summed E-state index contributed by atoms with van der Waals surface area (Å²) in [5, 5.41) is 3.08. The van der Waals surface area contributed by atoms with E-state index in [0.29, 0.717) is 11.3 Å². The number of hydrogen-bond donors (Lipinski definition) is 1. The van der Waals surface area contributed by atoms with E-state index in [1.165, 1.54) is 25.5 Å². The summed E-state index contributed by atoms with van der Waals surface area (Å²) < 4.78 is 15.1. The van der Waals surface area contributed by atoms with E-state index in [1.54, 1.807) is 24.3 Å². The number of methoxy groups -OCH3 is 2. The van der Waals surface area contributed by atoms with Gasteiger partial charge in [0, 0.05) is 17.3 Å². The van der Waals surface area contributed by atoms with Gasteiger partial charge >= 0.3 is 11.9 Å². The predicted molar refractivity (Wildman–Crippen MR) is 105 cm³/mol. The molecule has 8 heteroatoms. The number of nitrogens with one attached hydrogen (secondary N) is 1. The second kappa shape index (κ2) is 9.56. The van der Waals surface area contributed by atoms with Crippen LogP contribution in [0.15, 0.2) is 35.5 Å². The molecule has 0 spiro atoms. The van der Waals surface area contributed by atoms with E-state index < -0.39 is 11.9 Å². The SMILES string of the molecule is COC(=O)C1=C(C(=O)OC)N(c2ccc(C(=O)NC3CCCCC3)cc2)COC1. The van der Waals surface area contributed by atoms with Crippen molar-refractivity contribution in [2.24, 2.45) is 0 Å². The number of amides is 1. The summed E-state index contributed by atoms with van der Waals surface area (Å²) in [7, 11) is 2.49. The molecule has 156 valence electrons. The maximum Gasteiger partial charge on any atom is 0.355 e. The second-order valence-corrected chi connectivity index (χ2v) is 7.07. The Bertz CT molecular complexity index is 796. The summed E-state index contributed by atoms with van der Waals surface area (Å²) in [6, 6.07) is 7.02. The van der Waals surface area contributed by atoms with Gasteiger partial charge in [0.25, 0.3) is 5.91 Å². The second-order valence-electron chi connectivity index (χ2n) is 7.07. The van der Waals surface area contributed by atoms with Crippen LogP contribution in [0.4, 0.5) is 5.69 Å². The molecule has 0 unspecified atom stereocenters. The molecule has 1 heterocycles. The maximum atomic E-state index is 12.5. The molecular weight excluding hydrogens is 376 g/mol. The van der Waals surface area contributed by atoms with Crippen LogP contribution in [0.5, 0.6) is 0 Å². The van der Waals surface area contributed by atoms with Crippen molar-refractivity contribution in [1.29, 1.82) is 0 Å². The number of carbonyl (C=O) groups excluding carboxylic acids is 3. The van der Waals surface area contributed by atoms with Crippen LogP contribution in [0, 0.1) is 0 Å². The van der Waals surface area contributed by atoms with Crippen molar-refractivity contribution >= 4 is 23.5 Å². The third kappa shape index (κ3) is 4.76. The number of hydrogen-bond acceptors (Lipinski definition) is 7. The fourth-order valence-electron chi connectivity index (χ4n) is 3.66. The van der Waals surface area contributed by atoms with Gasteiger partial charge in [-0.15, -0.1) is 0 Å². The van der Waals surface area contributed by atoms with Gasteiger partial charge in [-0.25, -0.2) is 9.59 Å². The van der Waals surface area contributed by atoms with E-state index in [1.807, 2.05) is 0 Å². The summed E-state index contributed by atoms with van der Waals surface area (Å²) in [4.78, 5) is 38.4. The van der Waals surface area contributed by atoms with E-state index in [2.05, 4.69) is 5.32 Å². The third-order valence-corrected chi connectivity index (χ3v) is 5.21. The average molecular weight is 402 g/mol. The first-order valence-electron chi connectivity index (χ1n) is 9.71. The van der Waals surface area contributed by atoms with Crippen LogP contribution in [0.2, 0.25) is 0 Å². The Kier molecular flexibility index (Phi) is 6.87. The lowest BCUT2D eigenvalue weighted by Gasteiger charge is -2.31. The molecule has 1 amide bonds. The van der Waals surface area contributed by atoms with Gasteiger partial charge in [-0.2, -0.15) is 0 Å². The molecule has 1 aromatic carbocycles. The summed E-state index contributed by atoms with van der Waals surface area (Å²) in [5.41, 5.74) is 1.30. The summed E-state index contributed by atoms with van der Waals surface area (Å²) in [5.74, 6) is -1.43. The van der Waals surface area contributed by atoms with Crippen LogP contribution in [0.25, 0.3) is 0 Å². The number of nitrogens with zero attached hydrogens (tertiary/aromatic N) is 1. The average Bonchev–Trinajstić information content (AvgIpc) is 2.78. The Balaban J connectivity index is 1.80. The Labute approximate surface area is 169 Å². The molecule has 2 aliphatic rings. The number of rotatable bonds is 5. The minimum absolute atomic E-state index is 0.0461. The smallest absolute Gasteiger partial charge is 0.355 e. The van der Waals surface area contributed by atoms with Gasteiger partial charge in [-0.3, -0.25) is 4.79 Å². The Morgan fingerprint density at radius 1 is 1.00 bits per heavy atom. The van der Waals surface area contributed by atoms with E-state index in [0.717, 1.165) is 25.7 Å². The molecule has 1 saturated carbocycles. The fraction of sp³-hybridized carbons (Fsp3) is 0.476. The van der Waals surface area contributed by atoms with Crippen molar-refractivity contribution in [3.8, 4) is 0 Å². The van der Waals surface area contributed by atoms with Gasteiger partial charge in [0.05, 0.1) is 26.4 Å². The van der Waals surface area contributed by atoms with E-state index in [9.17, 15) is 14.4 Å². The molecule has 1 fully saturated rings. The van der Waals surface area contributed by atoms with Crippen LogP contribution < -0.4 is 10.2 Å². The Morgan fingerprint density at radius 3 is 2.28 bits per heavy atom. The zero-order chi connectivity index (χ0) is 20.8. The Hall–Kier alpha value is -2.87.